The van der Waals surface area contributed by atoms with Crippen molar-refractivity contribution in [2.45, 2.75) is 38.1 Å². The first kappa shape index (κ1) is 22.6. The summed E-state index contributed by atoms with van der Waals surface area (Å²) in [5, 5.41) is 0. The van der Waals surface area contributed by atoms with Crippen molar-refractivity contribution < 1.29 is 13.2 Å². The molecule has 0 N–H and O–H groups in total. The summed E-state index contributed by atoms with van der Waals surface area (Å²) in [5.74, 6) is 0. The summed E-state index contributed by atoms with van der Waals surface area (Å²) in [7, 11) is 0. The molecule has 1 heterocycles. The molecule has 0 radical (unpaired) electrons. The summed E-state index contributed by atoms with van der Waals surface area (Å²) in [6, 6.07) is 26.9. The predicted molar refractivity (Wildman–Crippen MR) is 122 cm³/mol. The standard InChI is InChI=1S/C27H29F3N2/c28-27(29,30)25-13-7-12-22(18-25)14-15-26-21-31(19-23-8-3-1-4-9-23)16-17-32(26)20-24-10-5-2-6-11-24/h1-13,18,26H,14-17,19-21H2. The quantitative estimate of drug-likeness (QED) is 0.445. The molecule has 168 valence electrons. The first-order chi connectivity index (χ1) is 15.5. The van der Waals surface area contributed by atoms with Crippen molar-refractivity contribution in [2.24, 2.45) is 0 Å². The van der Waals surface area contributed by atoms with Gasteiger partial charge in [-0.3, -0.25) is 9.80 Å². The van der Waals surface area contributed by atoms with Gasteiger partial charge in [0.25, 0.3) is 0 Å². The molecule has 5 heteroatoms. The molecule has 1 saturated heterocycles. The van der Waals surface area contributed by atoms with Crippen LogP contribution in [0.15, 0.2) is 84.9 Å². The van der Waals surface area contributed by atoms with E-state index >= 15 is 0 Å². The van der Waals surface area contributed by atoms with Crippen LogP contribution < -0.4 is 0 Å². The lowest BCUT2D eigenvalue weighted by Crippen LogP contribution is -2.52. The molecule has 0 aliphatic carbocycles. The average Bonchev–Trinajstić information content (AvgIpc) is 2.80. The van der Waals surface area contributed by atoms with E-state index in [2.05, 4.69) is 58.3 Å². The van der Waals surface area contributed by atoms with Crippen LogP contribution >= 0.6 is 0 Å². The zero-order chi connectivity index (χ0) is 22.4. The second kappa shape index (κ2) is 10.3. The first-order valence-corrected chi connectivity index (χ1v) is 11.2. The molecular weight excluding hydrogens is 409 g/mol. The van der Waals surface area contributed by atoms with Gasteiger partial charge < -0.3 is 0 Å². The van der Waals surface area contributed by atoms with E-state index in [0.29, 0.717) is 12.5 Å². The van der Waals surface area contributed by atoms with Crippen LogP contribution in [-0.2, 0) is 25.7 Å². The summed E-state index contributed by atoms with van der Waals surface area (Å²) in [4.78, 5) is 4.96. The van der Waals surface area contributed by atoms with Gasteiger partial charge in [0.1, 0.15) is 0 Å². The lowest BCUT2D eigenvalue weighted by molar-refractivity contribution is -0.137. The summed E-state index contributed by atoms with van der Waals surface area (Å²) in [6.45, 7) is 4.63. The number of benzene rings is 3. The number of halogens is 3. The maximum Gasteiger partial charge on any atom is 0.416 e. The Morgan fingerprint density at radius 3 is 2.00 bits per heavy atom. The van der Waals surface area contributed by atoms with E-state index in [0.717, 1.165) is 50.8 Å². The van der Waals surface area contributed by atoms with Gasteiger partial charge >= 0.3 is 6.18 Å². The van der Waals surface area contributed by atoms with Gasteiger partial charge in [0, 0.05) is 38.8 Å². The Morgan fingerprint density at radius 1 is 0.719 bits per heavy atom. The largest absolute Gasteiger partial charge is 0.416 e. The molecule has 0 amide bonds. The summed E-state index contributed by atoms with van der Waals surface area (Å²) in [5.41, 5.74) is 2.75. The minimum absolute atomic E-state index is 0.294. The Bertz CT molecular complexity index is 973. The van der Waals surface area contributed by atoms with Gasteiger partial charge in [-0.25, -0.2) is 0 Å². The Labute approximate surface area is 188 Å². The molecule has 3 aromatic carbocycles. The topological polar surface area (TPSA) is 6.48 Å². The molecule has 0 bridgehead atoms. The number of aryl methyl sites for hydroxylation is 1. The molecule has 1 atom stereocenters. The van der Waals surface area contributed by atoms with Crippen LogP contribution in [-0.4, -0.2) is 35.5 Å². The summed E-state index contributed by atoms with van der Waals surface area (Å²) >= 11 is 0. The van der Waals surface area contributed by atoms with E-state index in [4.69, 9.17) is 0 Å². The molecule has 3 aromatic rings. The smallest absolute Gasteiger partial charge is 0.296 e. The normalized spacial score (nSPS) is 18.0. The highest BCUT2D eigenvalue weighted by Gasteiger charge is 2.31. The maximum absolute atomic E-state index is 13.1. The molecule has 2 nitrogen and oxygen atoms in total. The lowest BCUT2D eigenvalue weighted by Gasteiger charge is -2.42. The molecule has 1 unspecified atom stereocenters. The highest BCUT2D eigenvalue weighted by Crippen LogP contribution is 2.30. The number of hydrogen-bond acceptors (Lipinski definition) is 2. The monoisotopic (exact) mass is 438 g/mol. The molecule has 0 spiro atoms. The Morgan fingerprint density at radius 2 is 1.34 bits per heavy atom. The second-order valence-corrected chi connectivity index (χ2v) is 8.57. The van der Waals surface area contributed by atoms with E-state index in [9.17, 15) is 13.2 Å². The molecule has 4 rings (SSSR count). The van der Waals surface area contributed by atoms with Gasteiger partial charge in [-0.05, 0) is 35.6 Å². The van der Waals surface area contributed by atoms with Crippen LogP contribution in [0.2, 0.25) is 0 Å². The van der Waals surface area contributed by atoms with Crippen molar-refractivity contribution in [3.63, 3.8) is 0 Å². The van der Waals surface area contributed by atoms with E-state index in [1.807, 2.05) is 12.1 Å². The second-order valence-electron chi connectivity index (χ2n) is 8.57. The number of nitrogens with zero attached hydrogens (tertiary/aromatic N) is 2. The minimum atomic E-state index is -4.30. The van der Waals surface area contributed by atoms with E-state index in [1.54, 1.807) is 6.07 Å². The fraction of sp³-hybridized carbons (Fsp3) is 0.333. The number of piperazine rings is 1. The average molecular weight is 439 g/mol. The number of hydrogen-bond donors (Lipinski definition) is 0. The third kappa shape index (κ3) is 6.21. The zero-order valence-electron chi connectivity index (χ0n) is 18.1. The third-order valence-electron chi connectivity index (χ3n) is 6.19. The van der Waals surface area contributed by atoms with Crippen molar-refractivity contribution in [1.82, 2.24) is 9.80 Å². The highest BCUT2D eigenvalue weighted by molar-refractivity contribution is 5.26. The highest BCUT2D eigenvalue weighted by atomic mass is 19.4. The van der Waals surface area contributed by atoms with Gasteiger partial charge in [-0.15, -0.1) is 0 Å². The molecule has 0 saturated carbocycles. The van der Waals surface area contributed by atoms with Gasteiger partial charge in [0.2, 0.25) is 0 Å². The van der Waals surface area contributed by atoms with Crippen LogP contribution in [0, 0.1) is 0 Å². The van der Waals surface area contributed by atoms with Crippen molar-refractivity contribution in [3.05, 3.63) is 107 Å². The molecular formula is C27H29F3N2. The zero-order valence-corrected chi connectivity index (χ0v) is 18.1. The summed E-state index contributed by atoms with van der Waals surface area (Å²) < 4.78 is 39.3. The van der Waals surface area contributed by atoms with Crippen LogP contribution in [0.5, 0.6) is 0 Å². The van der Waals surface area contributed by atoms with E-state index in [-0.39, 0.29) is 0 Å². The molecule has 1 aliphatic rings. The van der Waals surface area contributed by atoms with Crippen LogP contribution in [0.4, 0.5) is 13.2 Å². The van der Waals surface area contributed by atoms with Crippen molar-refractivity contribution in [3.8, 4) is 0 Å². The van der Waals surface area contributed by atoms with Gasteiger partial charge in [-0.1, -0.05) is 78.9 Å². The molecule has 32 heavy (non-hydrogen) atoms. The maximum atomic E-state index is 13.1. The molecule has 1 aliphatic heterocycles. The molecule has 0 aromatic heterocycles. The molecule has 1 fully saturated rings. The van der Waals surface area contributed by atoms with Gasteiger partial charge in [0.05, 0.1) is 5.56 Å². The summed E-state index contributed by atoms with van der Waals surface area (Å²) in [6.07, 6.45) is -2.83. The fourth-order valence-corrected chi connectivity index (χ4v) is 4.48. The first-order valence-electron chi connectivity index (χ1n) is 11.2. The van der Waals surface area contributed by atoms with Gasteiger partial charge in [0.15, 0.2) is 0 Å². The number of alkyl halides is 3. The minimum Gasteiger partial charge on any atom is -0.296 e. The Hall–Kier alpha value is -2.63. The van der Waals surface area contributed by atoms with Crippen molar-refractivity contribution >= 4 is 0 Å². The Balaban J connectivity index is 1.45. The van der Waals surface area contributed by atoms with Crippen LogP contribution in [0.1, 0.15) is 28.7 Å². The van der Waals surface area contributed by atoms with Crippen LogP contribution in [0.25, 0.3) is 0 Å². The lowest BCUT2D eigenvalue weighted by atomic mass is 9.99. The fourth-order valence-electron chi connectivity index (χ4n) is 4.48. The van der Waals surface area contributed by atoms with Gasteiger partial charge in [-0.2, -0.15) is 13.2 Å². The Kier molecular flexibility index (Phi) is 7.28. The van der Waals surface area contributed by atoms with Crippen molar-refractivity contribution in [2.75, 3.05) is 19.6 Å². The van der Waals surface area contributed by atoms with E-state index < -0.39 is 11.7 Å². The van der Waals surface area contributed by atoms with Crippen molar-refractivity contribution in [1.29, 1.82) is 0 Å². The third-order valence-corrected chi connectivity index (χ3v) is 6.19. The van der Waals surface area contributed by atoms with Crippen LogP contribution in [0.3, 0.4) is 0 Å². The predicted octanol–water partition coefficient (Wildman–Crippen LogP) is 6.02. The SMILES string of the molecule is FC(F)(F)c1cccc(CCC2CN(Cc3ccccc3)CCN2Cc2ccccc2)c1. The number of rotatable bonds is 7. The van der Waals surface area contributed by atoms with E-state index in [1.165, 1.54) is 23.3 Å².